The lowest BCUT2D eigenvalue weighted by Gasteiger charge is -2.11. The maximum absolute atomic E-state index is 11.5. The van der Waals surface area contributed by atoms with E-state index in [1.807, 2.05) is 6.07 Å². The lowest BCUT2D eigenvalue weighted by Crippen LogP contribution is -2.31. The number of hydrogen-bond acceptors (Lipinski definition) is 4. The van der Waals surface area contributed by atoms with Crippen molar-refractivity contribution in [3.05, 3.63) is 36.4 Å². The summed E-state index contributed by atoms with van der Waals surface area (Å²) in [4.78, 5) is 11.5. The molecule has 19 heavy (non-hydrogen) atoms. The Bertz CT molecular complexity index is 433. The van der Waals surface area contributed by atoms with Gasteiger partial charge in [0.15, 0.2) is 6.61 Å². The molecular formula is C14H20N2O3. The van der Waals surface area contributed by atoms with Crippen molar-refractivity contribution in [3.8, 4) is 5.75 Å². The molecule has 5 heteroatoms. The molecule has 0 saturated carbocycles. The minimum atomic E-state index is -0.182. The Kier molecular flexibility index (Phi) is 6.46. The molecule has 5 nitrogen and oxygen atoms in total. The van der Waals surface area contributed by atoms with Gasteiger partial charge in [-0.1, -0.05) is 6.08 Å². The van der Waals surface area contributed by atoms with E-state index in [0.29, 0.717) is 31.0 Å². The van der Waals surface area contributed by atoms with Crippen LogP contribution in [0.25, 0.3) is 0 Å². The van der Waals surface area contributed by atoms with Crippen LogP contribution in [0.1, 0.15) is 5.56 Å². The van der Waals surface area contributed by atoms with Gasteiger partial charge in [-0.15, -0.1) is 6.58 Å². The highest BCUT2D eigenvalue weighted by Gasteiger charge is 2.06. The Morgan fingerprint density at radius 1 is 1.53 bits per heavy atom. The highest BCUT2D eigenvalue weighted by Crippen LogP contribution is 2.22. The smallest absolute Gasteiger partial charge is 0.258 e. The van der Waals surface area contributed by atoms with Gasteiger partial charge in [0.1, 0.15) is 5.75 Å². The minimum Gasteiger partial charge on any atom is -0.483 e. The van der Waals surface area contributed by atoms with Crippen molar-refractivity contribution in [2.24, 2.45) is 0 Å². The molecule has 1 aromatic rings. The van der Waals surface area contributed by atoms with Crippen LogP contribution in [0.4, 0.5) is 5.69 Å². The number of nitrogen functional groups attached to an aromatic ring is 1. The van der Waals surface area contributed by atoms with Crippen molar-refractivity contribution in [2.75, 3.05) is 32.6 Å². The lowest BCUT2D eigenvalue weighted by molar-refractivity contribution is -0.123. The molecule has 0 aliphatic rings. The molecule has 0 heterocycles. The van der Waals surface area contributed by atoms with E-state index in [9.17, 15) is 4.79 Å². The first-order chi connectivity index (χ1) is 9.17. The van der Waals surface area contributed by atoms with Crippen LogP contribution in [0.3, 0.4) is 0 Å². The number of ether oxygens (including phenoxy) is 2. The fourth-order valence-corrected chi connectivity index (χ4v) is 1.54. The fourth-order valence-electron chi connectivity index (χ4n) is 1.54. The third kappa shape index (κ3) is 5.44. The van der Waals surface area contributed by atoms with Gasteiger partial charge < -0.3 is 20.5 Å². The van der Waals surface area contributed by atoms with E-state index in [4.69, 9.17) is 15.2 Å². The van der Waals surface area contributed by atoms with E-state index in [0.717, 1.165) is 5.56 Å². The van der Waals surface area contributed by atoms with Crippen LogP contribution in [-0.2, 0) is 16.0 Å². The normalized spacial score (nSPS) is 9.95. The van der Waals surface area contributed by atoms with Crippen LogP contribution in [-0.4, -0.2) is 32.8 Å². The second kappa shape index (κ2) is 8.16. The second-order valence-electron chi connectivity index (χ2n) is 3.99. The summed E-state index contributed by atoms with van der Waals surface area (Å²) >= 11 is 0. The molecule has 0 spiro atoms. The standard InChI is InChI=1S/C14H20N2O3/c1-3-4-11-9-12(15)5-6-13(11)19-10-14(17)16-7-8-18-2/h3,5-6,9H,1,4,7-8,10,15H2,2H3,(H,16,17). The van der Waals surface area contributed by atoms with Gasteiger partial charge in [0.2, 0.25) is 0 Å². The monoisotopic (exact) mass is 264 g/mol. The van der Waals surface area contributed by atoms with Crippen molar-refractivity contribution in [3.63, 3.8) is 0 Å². The number of carbonyl (C=O) groups is 1. The van der Waals surface area contributed by atoms with Crippen molar-refractivity contribution in [1.29, 1.82) is 0 Å². The molecule has 1 amide bonds. The van der Waals surface area contributed by atoms with Crippen LogP contribution in [0.15, 0.2) is 30.9 Å². The Labute approximate surface area is 113 Å². The van der Waals surface area contributed by atoms with Crippen molar-refractivity contribution in [2.45, 2.75) is 6.42 Å². The number of carbonyl (C=O) groups excluding carboxylic acids is 1. The van der Waals surface area contributed by atoms with Crippen LogP contribution < -0.4 is 15.8 Å². The zero-order chi connectivity index (χ0) is 14.1. The molecule has 104 valence electrons. The number of methoxy groups -OCH3 is 1. The topological polar surface area (TPSA) is 73.6 Å². The van der Waals surface area contributed by atoms with Gasteiger partial charge in [-0.2, -0.15) is 0 Å². The molecule has 0 saturated heterocycles. The summed E-state index contributed by atoms with van der Waals surface area (Å²) in [6.07, 6.45) is 2.41. The van der Waals surface area contributed by atoms with Gasteiger partial charge in [0.05, 0.1) is 6.61 Å². The minimum absolute atomic E-state index is 0.0300. The average Bonchev–Trinajstić information content (AvgIpc) is 2.38. The van der Waals surface area contributed by atoms with Gasteiger partial charge in [0, 0.05) is 19.3 Å². The zero-order valence-corrected chi connectivity index (χ0v) is 11.1. The molecule has 0 atom stereocenters. The third-order valence-corrected chi connectivity index (χ3v) is 2.44. The first-order valence-corrected chi connectivity index (χ1v) is 6.05. The maximum Gasteiger partial charge on any atom is 0.258 e. The summed E-state index contributed by atoms with van der Waals surface area (Å²) in [6.45, 7) is 4.61. The highest BCUT2D eigenvalue weighted by atomic mass is 16.5. The molecule has 1 aromatic carbocycles. The number of nitrogens with two attached hydrogens (primary N) is 1. The summed E-state index contributed by atoms with van der Waals surface area (Å²) in [5.74, 6) is 0.467. The highest BCUT2D eigenvalue weighted by molar-refractivity contribution is 5.77. The second-order valence-corrected chi connectivity index (χ2v) is 3.99. The zero-order valence-electron chi connectivity index (χ0n) is 11.1. The van der Waals surface area contributed by atoms with Crippen molar-refractivity contribution in [1.82, 2.24) is 5.32 Å². The van der Waals surface area contributed by atoms with Crippen LogP contribution in [0.2, 0.25) is 0 Å². The maximum atomic E-state index is 11.5. The SMILES string of the molecule is C=CCc1cc(N)ccc1OCC(=O)NCCOC. The van der Waals surface area contributed by atoms with E-state index < -0.39 is 0 Å². The third-order valence-electron chi connectivity index (χ3n) is 2.44. The molecule has 0 aromatic heterocycles. The van der Waals surface area contributed by atoms with Crippen molar-refractivity contribution >= 4 is 11.6 Å². The summed E-state index contributed by atoms with van der Waals surface area (Å²) in [7, 11) is 1.58. The van der Waals surface area contributed by atoms with E-state index >= 15 is 0 Å². The predicted octanol–water partition coefficient (Wildman–Crippen LogP) is 1.14. The number of benzene rings is 1. The van der Waals surface area contributed by atoms with E-state index in [2.05, 4.69) is 11.9 Å². The van der Waals surface area contributed by atoms with Crippen LogP contribution >= 0.6 is 0 Å². The Morgan fingerprint density at radius 2 is 2.32 bits per heavy atom. The predicted molar refractivity (Wildman–Crippen MR) is 75.1 cm³/mol. The summed E-state index contributed by atoms with van der Waals surface area (Å²) in [5.41, 5.74) is 7.29. The Balaban J connectivity index is 2.52. The van der Waals surface area contributed by atoms with E-state index in [1.54, 1.807) is 25.3 Å². The number of hydrogen-bond donors (Lipinski definition) is 2. The first kappa shape index (κ1) is 15.0. The lowest BCUT2D eigenvalue weighted by atomic mass is 10.1. The largest absolute Gasteiger partial charge is 0.483 e. The van der Waals surface area contributed by atoms with E-state index in [-0.39, 0.29) is 12.5 Å². The summed E-state index contributed by atoms with van der Waals surface area (Å²) < 4.78 is 10.3. The number of allylic oxidation sites excluding steroid dienone is 1. The van der Waals surface area contributed by atoms with Crippen molar-refractivity contribution < 1.29 is 14.3 Å². The number of anilines is 1. The Morgan fingerprint density at radius 3 is 3.00 bits per heavy atom. The van der Waals surface area contributed by atoms with Crippen LogP contribution in [0.5, 0.6) is 5.75 Å². The molecule has 0 unspecified atom stereocenters. The quantitative estimate of drug-likeness (QED) is 0.419. The molecule has 0 aliphatic heterocycles. The van der Waals surface area contributed by atoms with E-state index in [1.165, 1.54) is 0 Å². The molecule has 0 fully saturated rings. The first-order valence-electron chi connectivity index (χ1n) is 6.05. The Hall–Kier alpha value is -2.01. The summed E-state index contributed by atoms with van der Waals surface area (Å²) in [6, 6.07) is 5.32. The number of rotatable bonds is 8. The fraction of sp³-hybridized carbons (Fsp3) is 0.357. The van der Waals surface area contributed by atoms with Gasteiger partial charge >= 0.3 is 0 Å². The van der Waals surface area contributed by atoms with Gasteiger partial charge in [-0.05, 0) is 30.2 Å². The van der Waals surface area contributed by atoms with Crippen LogP contribution in [0, 0.1) is 0 Å². The molecule has 0 bridgehead atoms. The molecular weight excluding hydrogens is 244 g/mol. The van der Waals surface area contributed by atoms with Gasteiger partial charge in [-0.3, -0.25) is 4.79 Å². The molecule has 0 aliphatic carbocycles. The molecule has 3 N–H and O–H groups in total. The summed E-state index contributed by atoms with van der Waals surface area (Å²) in [5, 5.41) is 2.68. The number of nitrogens with one attached hydrogen (secondary N) is 1. The molecule has 1 rings (SSSR count). The molecule has 0 radical (unpaired) electrons. The number of amides is 1. The van der Waals surface area contributed by atoms with Gasteiger partial charge in [0.25, 0.3) is 5.91 Å². The van der Waals surface area contributed by atoms with Gasteiger partial charge in [-0.25, -0.2) is 0 Å². The average molecular weight is 264 g/mol.